The van der Waals surface area contributed by atoms with Gasteiger partial charge in [0, 0.05) is 13.2 Å². The second-order valence-electron chi connectivity index (χ2n) is 5.40. The van der Waals surface area contributed by atoms with Crippen molar-refractivity contribution in [1.29, 1.82) is 0 Å². The summed E-state index contributed by atoms with van der Waals surface area (Å²) in [5.74, 6) is -1.27. The fourth-order valence-corrected chi connectivity index (χ4v) is 1.48. The van der Waals surface area contributed by atoms with Crippen LogP contribution in [0.5, 0.6) is 0 Å². The molecule has 0 aliphatic heterocycles. The number of carbonyl (C=O) groups excluding carboxylic acids is 1. The van der Waals surface area contributed by atoms with Crippen LogP contribution in [0.3, 0.4) is 0 Å². The van der Waals surface area contributed by atoms with Crippen LogP contribution in [0.25, 0.3) is 0 Å². The van der Waals surface area contributed by atoms with Crippen LogP contribution in [0.2, 0.25) is 0 Å². The Kier molecular flexibility index (Phi) is 5.65. The molecule has 0 radical (unpaired) electrons. The fourth-order valence-electron chi connectivity index (χ4n) is 1.48. The Balaban J connectivity index is 2.75. The Hall–Kier alpha value is -2.16. The van der Waals surface area contributed by atoms with Crippen LogP contribution in [0.4, 0.5) is 4.79 Å². The molecule has 0 saturated carbocycles. The van der Waals surface area contributed by atoms with Crippen LogP contribution in [-0.2, 0) is 16.1 Å². The van der Waals surface area contributed by atoms with Crippen molar-refractivity contribution in [3.05, 3.63) is 11.9 Å². The molecule has 1 unspecified atom stereocenters. The number of alkyl carbamates (subject to hydrolysis) is 1. The van der Waals surface area contributed by atoms with Crippen LogP contribution >= 0.6 is 0 Å². The zero-order valence-electron chi connectivity index (χ0n) is 12.2. The highest BCUT2D eigenvalue weighted by Gasteiger charge is 2.27. The third kappa shape index (κ3) is 5.78. The molecule has 1 aromatic rings. The van der Waals surface area contributed by atoms with Gasteiger partial charge < -0.3 is 20.3 Å². The van der Waals surface area contributed by atoms with Crippen LogP contribution in [0.1, 0.15) is 38.9 Å². The highest BCUT2D eigenvalue weighted by atomic mass is 16.6. The van der Waals surface area contributed by atoms with Crippen molar-refractivity contribution < 1.29 is 24.5 Å². The maximum Gasteiger partial charge on any atom is 0.408 e. The molecule has 0 fully saturated rings. The van der Waals surface area contributed by atoms with E-state index in [1.807, 2.05) is 0 Å². The summed E-state index contributed by atoms with van der Waals surface area (Å²) in [5, 5.41) is 27.6. The van der Waals surface area contributed by atoms with E-state index in [1.165, 1.54) is 10.9 Å². The number of nitrogens with zero attached hydrogens (tertiary/aromatic N) is 3. The molecule has 9 nitrogen and oxygen atoms in total. The molecule has 0 aliphatic carbocycles. The van der Waals surface area contributed by atoms with Gasteiger partial charge in [-0.15, -0.1) is 5.10 Å². The summed E-state index contributed by atoms with van der Waals surface area (Å²) >= 11 is 0. The summed E-state index contributed by atoms with van der Waals surface area (Å²) in [4.78, 5) is 22.9. The van der Waals surface area contributed by atoms with E-state index in [0.29, 0.717) is 13.0 Å². The Labute approximate surface area is 121 Å². The first-order valence-electron chi connectivity index (χ1n) is 6.46. The zero-order valence-corrected chi connectivity index (χ0v) is 12.2. The molecule has 0 aromatic carbocycles. The second-order valence-corrected chi connectivity index (χ2v) is 5.40. The summed E-state index contributed by atoms with van der Waals surface area (Å²) in [7, 11) is 0. The van der Waals surface area contributed by atoms with E-state index >= 15 is 0 Å². The van der Waals surface area contributed by atoms with Crippen molar-refractivity contribution in [2.75, 3.05) is 6.61 Å². The number of carboxylic acid groups (broad SMARTS) is 1. The van der Waals surface area contributed by atoms with Crippen LogP contribution in [0, 0.1) is 0 Å². The highest BCUT2D eigenvalue weighted by molar-refractivity contribution is 5.80. The lowest BCUT2D eigenvalue weighted by Crippen LogP contribution is -2.38. The molecule has 0 bridgehead atoms. The van der Waals surface area contributed by atoms with E-state index in [9.17, 15) is 14.7 Å². The van der Waals surface area contributed by atoms with E-state index in [0.717, 1.165) is 0 Å². The monoisotopic (exact) mass is 300 g/mol. The Morgan fingerprint density at radius 3 is 2.67 bits per heavy atom. The number of rotatable bonds is 6. The molecule has 0 aliphatic rings. The molecule has 0 saturated heterocycles. The molecule has 21 heavy (non-hydrogen) atoms. The lowest BCUT2D eigenvalue weighted by atomic mass is 10.2. The number of nitrogens with one attached hydrogen (secondary N) is 1. The van der Waals surface area contributed by atoms with Gasteiger partial charge in [-0.25, -0.2) is 9.59 Å². The minimum absolute atomic E-state index is 0.00624. The standard InChI is InChI=1S/C12H20N4O5/c1-12(2,3)21-11(20)13-9(10(18)19)8-7-16(15-14-8)5-4-6-17/h7,9,17H,4-6H2,1-3H3,(H,13,20)(H,18,19). The largest absolute Gasteiger partial charge is 0.479 e. The number of carbonyl (C=O) groups is 2. The van der Waals surface area contributed by atoms with Gasteiger partial charge >= 0.3 is 12.1 Å². The maximum absolute atomic E-state index is 11.6. The Bertz CT molecular complexity index is 494. The number of aromatic nitrogens is 3. The van der Waals surface area contributed by atoms with Crippen molar-refractivity contribution in [2.24, 2.45) is 0 Å². The Morgan fingerprint density at radius 1 is 1.48 bits per heavy atom. The van der Waals surface area contributed by atoms with E-state index < -0.39 is 23.7 Å². The molecular weight excluding hydrogens is 280 g/mol. The second kappa shape index (κ2) is 7.02. The van der Waals surface area contributed by atoms with Gasteiger partial charge in [-0.3, -0.25) is 4.68 Å². The third-order valence-electron chi connectivity index (χ3n) is 2.31. The molecule has 9 heteroatoms. The predicted octanol–water partition coefficient (Wildman–Crippen LogP) is 0.311. The van der Waals surface area contributed by atoms with Crippen molar-refractivity contribution in [3.63, 3.8) is 0 Å². The van der Waals surface area contributed by atoms with Crippen LogP contribution < -0.4 is 5.32 Å². The van der Waals surface area contributed by atoms with E-state index in [2.05, 4.69) is 15.6 Å². The van der Waals surface area contributed by atoms with Crippen LogP contribution in [0.15, 0.2) is 6.20 Å². The summed E-state index contributed by atoms with van der Waals surface area (Å²) < 4.78 is 6.41. The van der Waals surface area contributed by atoms with E-state index in [1.54, 1.807) is 20.8 Å². The van der Waals surface area contributed by atoms with Gasteiger partial charge in [0.05, 0.1) is 6.20 Å². The number of aliphatic hydroxyl groups excluding tert-OH is 1. The SMILES string of the molecule is CC(C)(C)OC(=O)NC(C(=O)O)c1cn(CCCO)nn1. The molecule has 1 heterocycles. The zero-order chi connectivity index (χ0) is 16.0. The van der Waals surface area contributed by atoms with Crippen molar-refractivity contribution in [1.82, 2.24) is 20.3 Å². The number of ether oxygens (including phenoxy) is 1. The molecule has 0 spiro atoms. The number of aliphatic carboxylic acids is 1. The summed E-state index contributed by atoms with van der Waals surface area (Å²) in [6.07, 6.45) is 1.03. The van der Waals surface area contributed by atoms with Gasteiger partial charge in [-0.2, -0.15) is 0 Å². The smallest absolute Gasteiger partial charge is 0.408 e. The first-order chi connectivity index (χ1) is 9.73. The normalized spacial score (nSPS) is 12.8. The molecular formula is C12H20N4O5. The van der Waals surface area contributed by atoms with Crippen molar-refractivity contribution in [3.8, 4) is 0 Å². The molecule has 1 rings (SSSR count). The number of amides is 1. The predicted molar refractivity (Wildman–Crippen MR) is 71.5 cm³/mol. The minimum Gasteiger partial charge on any atom is -0.479 e. The van der Waals surface area contributed by atoms with Gasteiger partial charge in [-0.1, -0.05) is 5.21 Å². The number of aliphatic hydroxyl groups is 1. The number of carboxylic acids is 1. The van der Waals surface area contributed by atoms with E-state index in [-0.39, 0.29) is 12.3 Å². The van der Waals surface area contributed by atoms with Gasteiger partial charge in [0.2, 0.25) is 0 Å². The number of aryl methyl sites for hydroxylation is 1. The number of hydrogen-bond acceptors (Lipinski definition) is 6. The molecule has 118 valence electrons. The first-order valence-corrected chi connectivity index (χ1v) is 6.46. The lowest BCUT2D eigenvalue weighted by molar-refractivity contribution is -0.139. The third-order valence-corrected chi connectivity index (χ3v) is 2.31. The average molecular weight is 300 g/mol. The first kappa shape index (κ1) is 16.9. The van der Waals surface area contributed by atoms with Crippen LogP contribution in [-0.4, -0.2) is 49.5 Å². The van der Waals surface area contributed by atoms with Crippen molar-refractivity contribution >= 4 is 12.1 Å². The van der Waals surface area contributed by atoms with E-state index in [4.69, 9.17) is 9.84 Å². The Morgan fingerprint density at radius 2 is 2.14 bits per heavy atom. The quantitative estimate of drug-likeness (QED) is 0.690. The van der Waals surface area contributed by atoms with Gasteiger partial charge in [0.1, 0.15) is 11.3 Å². The van der Waals surface area contributed by atoms with Gasteiger partial charge in [0.25, 0.3) is 0 Å². The van der Waals surface area contributed by atoms with Crippen molar-refractivity contribution in [2.45, 2.75) is 45.4 Å². The maximum atomic E-state index is 11.6. The highest BCUT2D eigenvalue weighted by Crippen LogP contribution is 2.12. The van der Waals surface area contributed by atoms with Gasteiger partial charge in [-0.05, 0) is 27.2 Å². The topological polar surface area (TPSA) is 127 Å². The summed E-state index contributed by atoms with van der Waals surface area (Å²) in [5.41, 5.74) is -0.641. The summed E-state index contributed by atoms with van der Waals surface area (Å²) in [6.45, 7) is 5.42. The average Bonchev–Trinajstić information content (AvgIpc) is 2.79. The van der Waals surface area contributed by atoms with Gasteiger partial charge in [0.15, 0.2) is 6.04 Å². The fraction of sp³-hybridized carbons (Fsp3) is 0.667. The molecule has 1 amide bonds. The molecule has 3 N–H and O–H groups in total. The lowest BCUT2D eigenvalue weighted by Gasteiger charge is -2.21. The molecule has 1 atom stereocenters. The minimum atomic E-state index is -1.34. The number of hydrogen-bond donors (Lipinski definition) is 3. The summed E-state index contributed by atoms with van der Waals surface area (Å²) in [6, 6.07) is -1.34. The molecule has 1 aromatic heterocycles.